The van der Waals surface area contributed by atoms with Crippen molar-refractivity contribution in [3.63, 3.8) is 0 Å². The lowest BCUT2D eigenvalue weighted by atomic mass is 10.3. The SMILES string of the molecule is O=C(/C=C/c1ccco1)N1CCN(c2nc(-c3ccsc3)cs2)CC1. The fraction of sp³-hybridized carbons (Fsp3) is 0.222. The van der Waals surface area contributed by atoms with Crippen molar-refractivity contribution in [3.05, 3.63) is 52.4 Å². The first-order valence-corrected chi connectivity index (χ1v) is 9.85. The van der Waals surface area contributed by atoms with Gasteiger partial charge in [0.05, 0.1) is 12.0 Å². The average molecular weight is 371 g/mol. The van der Waals surface area contributed by atoms with Crippen molar-refractivity contribution in [2.75, 3.05) is 31.1 Å². The summed E-state index contributed by atoms with van der Waals surface area (Å²) in [4.78, 5) is 21.1. The summed E-state index contributed by atoms with van der Waals surface area (Å²) in [6.45, 7) is 3.01. The normalized spacial score (nSPS) is 15.2. The summed E-state index contributed by atoms with van der Waals surface area (Å²) in [5, 5.41) is 7.30. The van der Waals surface area contributed by atoms with Crippen LogP contribution in [-0.2, 0) is 4.79 Å². The van der Waals surface area contributed by atoms with Crippen molar-refractivity contribution in [2.24, 2.45) is 0 Å². The van der Waals surface area contributed by atoms with Gasteiger partial charge in [-0.1, -0.05) is 0 Å². The summed E-state index contributed by atoms with van der Waals surface area (Å²) >= 11 is 3.34. The number of rotatable bonds is 4. The minimum Gasteiger partial charge on any atom is -0.465 e. The molecule has 0 bridgehead atoms. The molecule has 0 saturated carbocycles. The second kappa shape index (κ2) is 7.25. The topological polar surface area (TPSA) is 49.6 Å². The molecule has 1 amide bonds. The summed E-state index contributed by atoms with van der Waals surface area (Å²) in [6, 6.07) is 5.72. The number of carbonyl (C=O) groups is 1. The zero-order valence-electron chi connectivity index (χ0n) is 13.5. The third-order valence-electron chi connectivity index (χ3n) is 4.10. The van der Waals surface area contributed by atoms with Gasteiger partial charge < -0.3 is 14.2 Å². The van der Waals surface area contributed by atoms with Crippen LogP contribution in [0.25, 0.3) is 17.3 Å². The molecule has 1 fully saturated rings. The Kier molecular flexibility index (Phi) is 4.67. The number of nitrogens with zero attached hydrogens (tertiary/aromatic N) is 3. The molecule has 0 spiro atoms. The number of hydrogen-bond donors (Lipinski definition) is 0. The first kappa shape index (κ1) is 16.1. The van der Waals surface area contributed by atoms with Gasteiger partial charge in [-0.25, -0.2) is 4.98 Å². The largest absolute Gasteiger partial charge is 0.465 e. The maximum Gasteiger partial charge on any atom is 0.246 e. The van der Waals surface area contributed by atoms with Crippen LogP contribution in [0.5, 0.6) is 0 Å². The van der Waals surface area contributed by atoms with E-state index in [1.54, 1.807) is 47.2 Å². The zero-order valence-corrected chi connectivity index (χ0v) is 15.1. The molecule has 4 heterocycles. The number of amides is 1. The number of piperazine rings is 1. The molecule has 4 rings (SSSR count). The van der Waals surface area contributed by atoms with Gasteiger partial charge in [0.25, 0.3) is 0 Å². The molecule has 0 unspecified atom stereocenters. The van der Waals surface area contributed by atoms with Gasteiger partial charge >= 0.3 is 0 Å². The number of thiazole rings is 1. The Morgan fingerprint density at radius 1 is 1.20 bits per heavy atom. The van der Waals surface area contributed by atoms with Gasteiger partial charge in [0.1, 0.15) is 5.76 Å². The van der Waals surface area contributed by atoms with E-state index in [0.717, 1.165) is 23.9 Å². The molecule has 0 N–H and O–H groups in total. The van der Waals surface area contributed by atoms with E-state index in [-0.39, 0.29) is 5.91 Å². The van der Waals surface area contributed by atoms with Crippen molar-refractivity contribution in [1.82, 2.24) is 9.88 Å². The molecule has 0 aromatic carbocycles. The number of carbonyl (C=O) groups excluding carboxylic acids is 1. The Hall–Kier alpha value is -2.38. The van der Waals surface area contributed by atoms with E-state index in [2.05, 4.69) is 27.1 Å². The molecule has 7 heteroatoms. The predicted octanol–water partition coefficient (Wildman–Crippen LogP) is 3.83. The Labute approximate surface area is 153 Å². The van der Waals surface area contributed by atoms with Gasteiger partial charge in [-0.2, -0.15) is 11.3 Å². The van der Waals surface area contributed by atoms with Crippen LogP contribution in [-0.4, -0.2) is 42.0 Å². The molecule has 3 aromatic rings. The van der Waals surface area contributed by atoms with E-state index in [9.17, 15) is 4.79 Å². The zero-order chi connectivity index (χ0) is 17.1. The maximum atomic E-state index is 12.3. The van der Waals surface area contributed by atoms with E-state index >= 15 is 0 Å². The van der Waals surface area contributed by atoms with E-state index in [0.29, 0.717) is 18.8 Å². The number of anilines is 1. The first-order chi connectivity index (χ1) is 12.3. The highest BCUT2D eigenvalue weighted by atomic mass is 32.1. The van der Waals surface area contributed by atoms with Crippen molar-refractivity contribution >= 4 is 39.8 Å². The summed E-state index contributed by atoms with van der Waals surface area (Å²) in [5.41, 5.74) is 2.20. The number of furan rings is 1. The van der Waals surface area contributed by atoms with E-state index in [1.165, 1.54) is 5.56 Å². The monoisotopic (exact) mass is 371 g/mol. The number of thiophene rings is 1. The summed E-state index contributed by atoms with van der Waals surface area (Å²) in [6.07, 6.45) is 4.89. The third kappa shape index (κ3) is 3.67. The fourth-order valence-corrected chi connectivity index (χ4v) is 4.25. The van der Waals surface area contributed by atoms with Gasteiger partial charge in [-0.15, -0.1) is 11.3 Å². The highest BCUT2D eigenvalue weighted by Crippen LogP contribution is 2.29. The second-order valence-electron chi connectivity index (χ2n) is 5.69. The van der Waals surface area contributed by atoms with E-state index < -0.39 is 0 Å². The lowest BCUT2D eigenvalue weighted by Gasteiger charge is -2.34. The maximum absolute atomic E-state index is 12.3. The highest BCUT2D eigenvalue weighted by molar-refractivity contribution is 7.14. The summed E-state index contributed by atoms with van der Waals surface area (Å²) in [7, 11) is 0. The van der Waals surface area contributed by atoms with Gasteiger partial charge in [-0.3, -0.25) is 4.79 Å². The molecule has 0 atom stereocenters. The van der Waals surface area contributed by atoms with Gasteiger partial charge in [-0.05, 0) is 29.7 Å². The standard InChI is InChI=1S/C18H17N3O2S2/c22-17(4-3-15-2-1-10-23-15)20-6-8-21(9-7-20)18-19-16(13-25-18)14-5-11-24-12-14/h1-5,10-13H,6-9H2/b4-3+. The van der Waals surface area contributed by atoms with Crippen LogP contribution in [0.1, 0.15) is 5.76 Å². The predicted molar refractivity (Wildman–Crippen MR) is 102 cm³/mol. The van der Waals surface area contributed by atoms with Crippen LogP contribution in [0.3, 0.4) is 0 Å². The minimum absolute atomic E-state index is 0.0224. The molecule has 128 valence electrons. The van der Waals surface area contributed by atoms with Crippen molar-refractivity contribution in [1.29, 1.82) is 0 Å². The van der Waals surface area contributed by atoms with Crippen LogP contribution in [0.2, 0.25) is 0 Å². The molecule has 1 aliphatic heterocycles. The van der Waals surface area contributed by atoms with Gasteiger partial charge in [0.2, 0.25) is 5.91 Å². The number of hydrogen-bond acceptors (Lipinski definition) is 6. The lowest BCUT2D eigenvalue weighted by molar-refractivity contribution is -0.126. The van der Waals surface area contributed by atoms with Crippen molar-refractivity contribution < 1.29 is 9.21 Å². The average Bonchev–Trinajstić information content (AvgIpc) is 3.42. The Bertz CT molecular complexity index is 845. The molecule has 5 nitrogen and oxygen atoms in total. The quantitative estimate of drug-likeness (QED) is 0.654. The molecule has 3 aromatic heterocycles. The van der Waals surface area contributed by atoms with Crippen LogP contribution in [0.4, 0.5) is 5.13 Å². The van der Waals surface area contributed by atoms with Crippen LogP contribution >= 0.6 is 22.7 Å². The lowest BCUT2D eigenvalue weighted by Crippen LogP contribution is -2.48. The molecular weight excluding hydrogens is 354 g/mol. The van der Waals surface area contributed by atoms with Crippen molar-refractivity contribution in [3.8, 4) is 11.3 Å². The molecule has 0 radical (unpaired) electrons. The molecular formula is C18H17N3O2S2. The first-order valence-electron chi connectivity index (χ1n) is 8.03. The molecule has 0 aliphatic carbocycles. The van der Waals surface area contributed by atoms with Gasteiger partial charge in [0.15, 0.2) is 5.13 Å². The van der Waals surface area contributed by atoms with E-state index in [1.807, 2.05) is 11.0 Å². The summed E-state index contributed by atoms with van der Waals surface area (Å²) in [5.74, 6) is 0.713. The molecule has 1 aliphatic rings. The Morgan fingerprint density at radius 2 is 2.08 bits per heavy atom. The smallest absolute Gasteiger partial charge is 0.246 e. The number of aromatic nitrogens is 1. The summed E-state index contributed by atoms with van der Waals surface area (Å²) < 4.78 is 5.21. The van der Waals surface area contributed by atoms with Crippen molar-refractivity contribution in [2.45, 2.75) is 0 Å². The fourth-order valence-electron chi connectivity index (χ4n) is 2.72. The van der Waals surface area contributed by atoms with Crippen LogP contribution in [0.15, 0.2) is 51.1 Å². The Morgan fingerprint density at radius 3 is 2.80 bits per heavy atom. The van der Waals surface area contributed by atoms with E-state index in [4.69, 9.17) is 9.40 Å². The third-order valence-corrected chi connectivity index (χ3v) is 5.69. The highest BCUT2D eigenvalue weighted by Gasteiger charge is 2.21. The molecule has 25 heavy (non-hydrogen) atoms. The second-order valence-corrected chi connectivity index (χ2v) is 7.31. The van der Waals surface area contributed by atoms with Crippen LogP contribution < -0.4 is 4.90 Å². The molecule has 1 saturated heterocycles. The minimum atomic E-state index is 0.0224. The van der Waals surface area contributed by atoms with Crippen LogP contribution in [0, 0.1) is 0 Å². The Balaban J connectivity index is 1.34. The van der Waals surface area contributed by atoms with Gasteiger partial charge in [0, 0.05) is 48.6 Å².